The van der Waals surface area contributed by atoms with E-state index in [0.717, 1.165) is 0 Å². The molecule has 0 unspecified atom stereocenters. The topological polar surface area (TPSA) is 46.2 Å². The van der Waals surface area contributed by atoms with Gasteiger partial charge in [-0.3, -0.25) is 9.59 Å². The summed E-state index contributed by atoms with van der Waals surface area (Å²) in [5, 5.41) is 2.66. The fourth-order valence-corrected chi connectivity index (χ4v) is 0.927. The van der Waals surface area contributed by atoms with Gasteiger partial charge in [-0.1, -0.05) is 0 Å². The lowest BCUT2D eigenvalue weighted by Gasteiger charge is -2.08. The van der Waals surface area contributed by atoms with Crippen molar-refractivity contribution in [2.75, 3.05) is 7.05 Å². The molecule has 0 aromatic rings. The van der Waals surface area contributed by atoms with Crippen LogP contribution in [0.1, 0.15) is 6.92 Å². The van der Waals surface area contributed by atoms with Crippen LogP contribution in [0.5, 0.6) is 0 Å². The molecule has 0 aliphatic heterocycles. The van der Waals surface area contributed by atoms with E-state index in [2.05, 4.69) is 5.32 Å². The van der Waals surface area contributed by atoms with Crippen LogP contribution in [0.3, 0.4) is 0 Å². The van der Waals surface area contributed by atoms with Crippen LogP contribution in [0, 0.1) is 0 Å². The molecule has 11 heavy (non-hydrogen) atoms. The number of likely N-dealkylation sites (N-methyl/N-ethyl adjacent to an activating group) is 1. The van der Waals surface area contributed by atoms with E-state index >= 15 is 0 Å². The van der Waals surface area contributed by atoms with Crippen LogP contribution in [0.2, 0.25) is 0 Å². The fourth-order valence-electron chi connectivity index (χ4n) is 0.927. The molecule has 0 radical (unpaired) electrons. The normalized spacial score (nSPS) is 17.6. The zero-order valence-corrected chi connectivity index (χ0v) is 6.47. The van der Waals surface area contributed by atoms with Crippen molar-refractivity contribution < 1.29 is 9.59 Å². The van der Waals surface area contributed by atoms with Crippen molar-refractivity contribution >= 4 is 11.6 Å². The largest absolute Gasteiger partial charge is 0.385 e. The van der Waals surface area contributed by atoms with Gasteiger partial charge in [0.05, 0.1) is 5.70 Å². The quantitative estimate of drug-likeness (QED) is 0.544. The van der Waals surface area contributed by atoms with Gasteiger partial charge in [0.15, 0.2) is 5.78 Å². The second-order valence-electron chi connectivity index (χ2n) is 2.37. The van der Waals surface area contributed by atoms with E-state index < -0.39 is 0 Å². The SMILES string of the molecule is CNC1=CC(=O)C=C(C)C1=O. The van der Waals surface area contributed by atoms with Crippen LogP contribution in [0.4, 0.5) is 0 Å². The standard InChI is InChI=1S/C8H9NO2/c1-5-3-6(10)4-7(9-2)8(5)11/h3-4,9H,1-2H3. The van der Waals surface area contributed by atoms with E-state index in [1.54, 1.807) is 14.0 Å². The summed E-state index contributed by atoms with van der Waals surface area (Å²) in [5.74, 6) is -0.237. The highest BCUT2D eigenvalue weighted by Crippen LogP contribution is 2.08. The van der Waals surface area contributed by atoms with Gasteiger partial charge in [0.25, 0.3) is 0 Å². The molecule has 0 fully saturated rings. The Labute approximate surface area is 64.8 Å². The molecule has 1 rings (SSSR count). The average Bonchev–Trinajstić information content (AvgIpc) is 1.96. The van der Waals surface area contributed by atoms with Gasteiger partial charge in [-0.15, -0.1) is 0 Å². The van der Waals surface area contributed by atoms with Crippen LogP contribution in [0.25, 0.3) is 0 Å². The molecule has 0 heterocycles. The second kappa shape index (κ2) is 2.70. The van der Waals surface area contributed by atoms with Crippen molar-refractivity contribution in [1.82, 2.24) is 5.32 Å². The monoisotopic (exact) mass is 151 g/mol. The first-order valence-electron chi connectivity index (χ1n) is 3.31. The maximum absolute atomic E-state index is 11.2. The molecule has 58 valence electrons. The predicted molar refractivity (Wildman–Crippen MR) is 40.9 cm³/mol. The first-order valence-corrected chi connectivity index (χ1v) is 3.31. The Kier molecular flexibility index (Phi) is 1.89. The summed E-state index contributed by atoms with van der Waals surface area (Å²) in [6.45, 7) is 1.63. The van der Waals surface area contributed by atoms with Crippen LogP contribution >= 0.6 is 0 Å². The maximum atomic E-state index is 11.2. The number of nitrogens with one attached hydrogen (secondary N) is 1. The molecule has 0 atom stereocenters. The Morgan fingerprint density at radius 2 is 1.91 bits per heavy atom. The Hall–Kier alpha value is -1.38. The Bertz CT molecular complexity index is 274. The number of ketones is 2. The lowest BCUT2D eigenvalue weighted by atomic mass is 10.0. The van der Waals surface area contributed by atoms with Crippen LogP contribution in [-0.2, 0) is 9.59 Å². The third-order valence-corrected chi connectivity index (χ3v) is 1.52. The van der Waals surface area contributed by atoms with Gasteiger partial charge in [-0.25, -0.2) is 0 Å². The number of hydrogen-bond donors (Lipinski definition) is 1. The van der Waals surface area contributed by atoms with E-state index in [4.69, 9.17) is 0 Å². The summed E-state index contributed by atoms with van der Waals surface area (Å²) in [5.41, 5.74) is 0.858. The summed E-state index contributed by atoms with van der Waals surface area (Å²) >= 11 is 0. The first-order chi connectivity index (χ1) is 5.15. The van der Waals surface area contributed by atoms with Crippen LogP contribution in [0.15, 0.2) is 23.4 Å². The van der Waals surface area contributed by atoms with E-state index in [-0.39, 0.29) is 11.6 Å². The Balaban J connectivity index is 3.00. The summed E-state index contributed by atoms with van der Waals surface area (Å²) in [6.07, 6.45) is 2.64. The van der Waals surface area contributed by atoms with Gasteiger partial charge in [0.1, 0.15) is 0 Å². The maximum Gasteiger partial charge on any atom is 0.204 e. The van der Waals surface area contributed by atoms with Crippen molar-refractivity contribution in [3.8, 4) is 0 Å². The average molecular weight is 151 g/mol. The highest BCUT2D eigenvalue weighted by atomic mass is 16.1. The molecule has 0 aromatic heterocycles. The van der Waals surface area contributed by atoms with E-state index in [1.165, 1.54) is 12.2 Å². The molecular formula is C8H9NO2. The fraction of sp³-hybridized carbons (Fsp3) is 0.250. The van der Waals surface area contributed by atoms with Gasteiger partial charge in [0.2, 0.25) is 5.78 Å². The molecular weight excluding hydrogens is 142 g/mol. The van der Waals surface area contributed by atoms with Gasteiger partial charge in [-0.05, 0) is 13.0 Å². The number of carbonyl (C=O) groups is 2. The summed E-state index contributed by atoms with van der Waals surface area (Å²) < 4.78 is 0. The van der Waals surface area contributed by atoms with Gasteiger partial charge >= 0.3 is 0 Å². The van der Waals surface area contributed by atoms with Crippen molar-refractivity contribution in [3.05, 3.63) is 23.4 Å². The minimum absolute atomic E-state index is 0.105. The molecule has 1 N–H and O–H groups in total. The number of allylic oxidation sites excluding steroid dienone is 3. The molecule has 0 spiro atoms. The van der Waals surface area contributed by atoms with Gasteiger partial charge in [0, 0.05) is 18.7 Å². The third kappa shape index (κ3) is 1.37. The molecule has 0 saturated heterocycles. The van der Waals surface area contributed by atoms with E-state index in [0.29, 0.717) is 11.3 Å². The van der Waals surface area contributed by atoms with Crippen LogP contribution in [-0.4, -0.2) is 18.6 Å². The van der Waals surface area contributed by atoms with Crippen molar-refractivity contribution in [2.45, 2.75) is 6.92 Å². The lowest BCUT2D eigenvalue weighted by molar-refractivity contribution is -0.115. The zero-order valence-electron chi connectivity index (χ0n) is 6.47. The van der Waals surface area contributed by atoms with E-state index in [9.17, 15) is 9.59 Å². The Morgan fingerprint density at radius 1 is 1.27 bits per heavy atom. The molecule has 0 bridgehead atoms. The minimum Gasteiger partial charge on any atom is -0.385 e. The molecule has 0 aromatic carbocycles. The number of hydrogen-bond acceptors (Lipinski definition) is 3. The van der Waals surface area contributed by atoms with E-state index in [1.807, 2.05) is 0 Å². The summed E-state index contributed by atoms with van der Waals surface area (Å²) in [4.78, 5) is 22.0. The molecule has 1 aliphatic carbocycles. The third-order valence-electron chi connectivity index (χ3n) is 1.52. The summed E-state index contributed by atoms with van der Waals surface area (Å²) in [7, 11) is 1.62. The minimum atomic E-state index is -0.133. The molecule has 1 aliphatic rings. The molecule has 3 heteroatoms. The predicted octanol–water partition coefficient (Wildman–Crippen LogP) is 0.188. The smallest absolute Gasteiger partial charge is 0.204 e. The number of Topliss-reactive ketones (excluding diaryl/α,β-unsaturated/α-hetero) is 1. The lowest BCUT2D eigenvalue weighted by Crippen LogP contribution is -2.21. The molecule has 3 nitrogen and oxygen atoms in total. The van der Waals surface area contributed by atoms with Crippen molar-refractivity contribution in [2.24, 2.45) is 0 Å². The van der Waals surface area contributed by atoms with Crippen molar-refractivity contribution in [3.63, 3.8) is 0 Å². The summed E-state index contributed by atoms with van der Waals surface area (Å²) in [6, 6.07) is 0. The zero-order chi connectivity index (χ0) is 8.43. The van der Waals surface area contributed by atoms with Gasteiger partial charge in [-0.2, -0.15) is 0 Å². The number of rotatable bonds is 1. The highest BCUT2D eigenvalue weighted by Gasteiger charge is 2.16. The molecule has 0 amide bonds. The highest BCUT2D eigenvalue weighted by molar-refractivity contribution is 6.19. The Morgan fingerprint density at radius 3 is 2.45 bits per heavy atom. The van der Waals surface area contributed by atoms with Crippen LogP contribution < -0.4 is 5.32 Å². The first kappa shape index (κ1) is 7.72. The van der Waals surface area contributed by atoms with Crippen molar-refractivity contribution in [1.29, 1.82) is 0 Å². The molecule has 0 saturated carbocycles. The second-order valence-corrected chi connectivity index (χ2v) is 2.37. The number of carbonyl (C=O) groups excluding carboxylic acids is 2. The van der Waals surface area contributed by atoms with Gasteiger partial charge < -0.3 is 5.32 Å².